The molecule has 0 bridgehead atoms. The van der Waals surface area contributed by atoms with Gasteiger partial charge in [0.25, 0.3) is 5.91 Å². The number of cyclic esters (lactones) is 1. The van der Waals surface area contributed by atoms with Crippen molar-refractivity contribution in [2.24, 2.45) is 0 Å². The molecule has 3 heterocycles. The molecule has 2 aromatic carbocycles. The number of thiazole rings is 1. The molecule has 218 valence electrons. The van der Waals surface area contributed by atoms with Crippen LogP contribution in [0.5, 0.6) is 0 Å². The number of anilines is 1. The van der Waals surface area contributed by atoms with Gasteiger partial charge in [-0.05, 0) is 11.1 Å². The van der Waals surface area contributed by atoms with Crippen LogP contribution in [0.15, 0.2) is 66.0 Å². The number of halogens is 1. The van der Waals surface area contributed by atoms with Gasteiger partial charge in [0.1, 0.15) is 18.5 Å². The maximum absolute atomic E-state index is 13.8. The van der Waals surface area contributed by atoms with Crippen LogP contribution in [0.4, 0.5) is 5.13 Å². The second-order valence-electron chi connectivity index (χ2n) is 9.42. The van der Waals surface area contributed by atoms with Crippen LogP contribution in [-0.2, 0) is 44.7 Å². The van der Waals surface area contributed by atoms with Crippen molar-refractivity contribution < 1.29 is 38.3 Å². The van der Waals surface area contributed by atoms with Gasteiger partial charge in [-0.25, -0.2) is 9.78 Å². The third-order valence-electron chi connectivity index (χ3n) is 6.49. The molecule has 5 rings (SSSR count). The fraction of sp³-hybridized carbons (Fsp3) is 0.286. The largest absolute Gasteiger partial charge is 0.448 e. The second kappa shape index (κ2) is 12.7. The van der Waals surface area contributed by atoms with Crippen molar-refractivity contribution in [3.8, 4) is 0 Å². The molecule has 14 heteroatoms. The Labute approximate surface area is 248 Å². The second-order valence-corrected chi connectivity index (χ2v) is 10.5. The highest BCUT2D eigenvalue weighted by atomic mass is 35.5. The number of nitrogens with zero attached hydrogens (tertiary/aromatic N) is 2. The molecule has 2 aliphatic heterocycles. The first kappa shape index (κ1) is 29.2. The number of benzene rings is 2. The van der Waals surface area contributed by atoms with E-state index in [1.165, 1.54) is 0 Å². The maximum atomic E-state index is 13.8. The Kier molecular flexibility index (Phi) is 8.80. The van der Waals surface area contributed by atoms with Gasteiger partial charge in [0, 0.05) is 11.8 Å². The average molecular weight is 613 g/mol. The van der Waals surface area contributed by atoms with E-state index in [0.29, 0.717) is 21.9 Å². The number of amides is 3. The Morgan fingerprint density at radius 1 is 1.07 bits per heavy atom. The molecule has 2 saturated heterocycles. The summed E-state index contributed by atoms with van der Waals surface area (Å²) in [6.45, 7) is -0.300. The monoisotopic (exact) mass is 612 g/mol. The molecule has 2 aliphatic rings. The molecule has 3 aromatic rings. The molecular weight excluding hydrogens is 588 g/mol. The van der Waals surface area contributed by atoms with Crippen LogP contribution in [0.3, 0.4) is 0 Å². The number of aromatic nitrogens is 1. The Hall–Kier alpha value is -4.33. The highest BCUT2D eigenvalue weighted by Crippen LogP contribution is 2.37. The fourth-order valence-electron chi connectivity index (χ4n) is 4.53. The summed E-state index contributed by atoms with van der Waals surface area (Å²) < 4.78 is 11.4. The number of alkyl halides is 1. The molecule has 0 aliphatic carbocycles. The predicted octanol–water partition coefficient (Wildman–Crippen LogP) is 2.49. The van der Waals surface area contributed by atoms with Gasteiger partial charge >= 0.3 is 17.7 Å². The average Bonchev–Trinajstić information content (AvgIpc) is 3.71. The van der Waals surface area contributed by atoms with Gasteiger partial charge in [-0.15, -0.1) is 22.9 Å². The number of carbonyl (C=O) groups is 5. The summed E-state index contributed by atoms with van der Waals surface area (Å²) in [5.74, 6) is -3.69. The molecular formula is C28H25ClN4O8S. The molecule has 2 N–H and O–H groups in total. The van der Waals surface area contributed by atoms with E-state index in [2.05, 4.69) is 15.6 Å². The van der Waals surface area contributed by atoms with Gasteiger partial charge in [0.2, 0.25) is 11.8 Å². The topological polar surface area (TPSA) is 153 Å². The molecule has 2 fully saturated rings. The van der Waals surface area contributed by atoms with Crippen LogP contribution < -0.4 is 10.6 Å². The number of carbonyl (C=O) groups excluding carboxylic acids is 5. The summed E-state index contributed by atoms with van der Waals surface area (Å²) in [5, 5.41) is 7.61. The first-order valence-electron chi connectivity index (χ1n) is 12.9. The van der Waals surface area contributed by atoms with Gasteiger partial charge in [-0.3, -0.25) is 24.0 Å². The Balaban J connectivity index is 1.30. The molecule has 2 atom stereocenters. The predicted molar refractivity (Wildman–Crippen MR) is 149 cm³/mol. The van der Waals surface area contributed by atoms with Gasteiger partial charge in [0.15, 0.2) is 11.2 Å². The van der Waals surface area contributed by atoms with E-state index in [9.17, 15) is 24.0 Å². The van der Waals surface area contributed by atoms with E-state index in [4.69, 9.17) is 25.9 Å². The SMILES string of the molecule is O=C(CCl)Nc1nc(CC(=O)N[C@H]2CON(C3(C(=O)OC(c4ccccc4)c4ccccc4)CCC(=O)O3)C2=O)cs1. The number of hydrogen-bond acceptors (Lipinski definition) is 10. The van der Waals surface area contributed by atoms with Crippen molar-refractivity contribution in [3.63, 3.8) is 0 Å². The summed E-state index contributed by atoms with van der Waals surface area (Å²) in [4.78, 5) is 73.3. The smallest absolute Gasteiger partial charge is 0.376 e. The minimum atomic E-state index is -2.17. The molecule has 0 spiro atoms. The van der Waals surface area contributed by atoms with Crippen LogP contribution in [0, 0.1) is 0 Å². The van der Waals surface area contributed by atoms with Gasteiger partial charge in [0.05, 0.1) is 18.5 Å². The number of hydroxylamine groups is 2. The Bertz CT molecular complexity index is 1450. The van der Waals surface area contributed by atoms with Crippen molar-refractivity contribution in [2.75, 3.05) is 17.8 Å². The fourth-order valence-corrected chi connectivity index (χ4v) is 5.33. The van der Waals surface area contributed by atoms with E-state index < -0.39 is 47.5 Å². The molecule has 0 radical (unpaired) electrons. The van der Waals surface area contributed by atoms with E-state index in [1.54, 1.807) is 53.9 Å². The lowest BCUT2D eigenvalue weighted by Crippen LogP contribution is -2.57. The molecule has 0 saturated carbocycles. The number of rotatable bonds is 10. The van der Waals surface area contributed by atoms with Crippen LogP contribution in [0.2, 0.25) is 0 Å². The quantitative estimate of drug-likeness (QED) is 0.260. The van der Waals surface area contributed by atoms with Crippen molar-refractivity contribution in [3.05, 3.63) is 82.9 Å². The van der Waals surface area contributed by atoms with Crippen molar-refractivity contribution >= 4 is 57.7 Å². The molecule has 1 unspecified atom stereocenters. The van der Waals surface area contributed by atoms with Crippen molar-refractivity contribution in [2.45, 2.75) is 37.1 Å². The highest BCUT2D eigenvalue weighted by Gasteiger charge is 2.60. The summed E-state index contributed by atoms with van der Waals surface area (Å²) in [7, 11) is 0. The zero-order valence-corrected chi connectivity index (χ0v) is 23.6. The van der Waals surface area contributed by atoms with Crippen molar-refractivity contribution in [1.82, 2.24) is 15.4 Å². The molecule has 3 amide bonds. The number of nitrogens with one attached hydrogen (secondary N) is 2. The lowest BCUT2D eigenvalue weighted by molar-refractivity contribution is -0.260. The van der Waals surface area contributed by atoms with Crippen molar-refractivity contribution in [1.29, 1.82) is 0 Å². The third kappa shape index (κ3) is 6.27. The number of hydrogen-bond donors (Lipinski definition) is 2. The summed E-state index contributed by atoms with van der Waals surface area (Å²) in [5.41, 5.74) is -0.464. The minimum absolute atomic E-state index is 0.146. The van der Waals surface area contributed by atoms with Gasteiger partial charge in [-0.2, -0.15) is 5.06 Å². The maximum Gasteiger partial charge on any atom is 0.376 e. The van der Waals surface area contributed by atoms with E-state index >= 15 is 0 Å². The summed E-state index contributed by atoms with van der Waals surface area (Å²) >= 11 is 6.59. The minimum Gasteiger partial charge on any atom is -0.448 e. The number of esters is 2. The Morgan fingerprint density at radius 2 is 1.74 bits per heavy atom. The first-order chi connectivity index (χ1) is 20.3. The Morgan fingerprint density at radius 3 is 2.33 bits per heavy atom. The molecule has 1 aromatic heterocycles. The molecule has 42 heavy (non-hydrogen) atoms. The third-order valence-corrected chi connectivity index (χ3v) is 7.54. The lowest BCUT2D eigenvalue weighted by atomic mass is 10.0. The highest BCUT2D eigenvalue weighted by molar-refractivity contribution is 7.14. The van der Waals surface area contributed by atoms with Crippen LogP contribution in [0.1, 0.15) is 35.8 Å². The van der Waals surface area contributed by atoms with E-state index in [1.807, 2.05) is 12.1 Å². The molecule has 12 nitrogen and oxygen atoms in total. The van der Waals surface area contributed by atoms with Crippen LogP contribution in [-0.4, -0.2) is 64.0 Å². The standard InChI is InChI=1S/C28H25ClN4O8S/c29-14-22(35)32-27-30-19(16-42-27)13-21(34)31-20-15-39-33(25(20)37)28(12-11-23(36)41-28)26(38)40-24(17-7-3-1-4-8-17)18-9-5-2-6-10-18/h1-10,16,20,24H,11-15H2,(H,31,34)(H,30,32,35)/t20-,28?/m0/s1. The zero-order valence-electron chi connectivity index (χ0n) is 22.0. The lowest BCUT2D eigenvalue weighted by Gasteiger charge is -2.34. The first-order valence-corrected chi connectivity index (χ1v) is 14.3. The van der Waals surface area contributed by atoms with Gasteiger partial charge < -0.3 is 20.1 Å². The van der Waals surface area contributed by atoms with E-state index in [0.717, 1.165) is 11.3 Å². The number of ether oxygens (including phenoxy) is 2. The van der Waals surface area contributed by atoms with E-state index in [-0.39, 0.29) is 36.9 Å². The zero-order chi connectivity index (χ0) is 29.7. The van der Waals surface area contributed by atoms with Gasteiger partial charge in [-0.1, -0.05) is 60.7 Å². The van der Waals surface area contributed by atoms with Crippen LogP contribution in [0.25, 0.3) is 0 Å². The van der Waals surface area contributed by atoms with Crippen LogP contribution >= 0.6 is 22.9 Å². The summed E-state index contributed by atoms with van der Waals surface area (Å²) in [6, 6.07) is 16.8. The normalized spacial score (nSPS) is 20.0. The summed E-state index contributed by atoms with van der Waals surface area (Å²) in [6.07, 6.45) is -1.38.